The van der Waals surface area contributed by atoms with Gasteiger partial charge in [-0.25, -0.2) is 0 Å². The number of hydrogen-bond donors (Lipinski definition) is 2. The van der Waals surface area contributed by atoms with Crippen LogP contribution in [0.15, 0.2) is 28.7 Å². The van der Waals surface area contributed by atoms with Crippen LogP contribution in [0.25, 0.3) is 0 Å². The number of likely N-dealkylation sites (tertiary alicyclic amines) is 1. The summed E-state index contributed by atoms with van der Waals surface area (Å²) in [5.74, 6) is -0.102. The van der Waals surface area contributed by atoms with Gasteiger partial charge in [0.15, 0.2) is 0 Å². The highest BCUT2D eigenvalue weighted by molar-refractivity contribution is 9.10. The van der Waals surface area contributed by atoms with E-state index in [2.05, 4.69) is 33.2 Å². The minimum absolute atomic E-state index is 0. The van der Waals surface area contributed by atoms with Crippen LogP contribution in [0.1, 0.15) is 25.3 Å². The first-order valence-corrected chi connectivity index (χ1v) is 7.73. The fraction of sp³-hybridized carbons (Fsp3) is 0.533. The van der Waals surface area contributed by atoms with E-state index in [0.717, 1.165) is 36.0 Å². The van der Waals surface area contributed by atoms with E-state index in [0.29, 0.717) is 0 Å². The fourth-order valence-corrected chi connectivity index (χ4v) is 2.68. The summed E-state index contributed by atoms with van der Waals surface area (Å²) in [6.45, 7) is 3.80. The van der Waals surface area contributed by atoms with Crippen LogP contribution < -0.4 is 11.1 Å². The molecule has 3 N–H and O–H groups in total. The molecule has 0 bridgehead atoms. The van der Waals surface area contributed by atoms with E-state index in [-0.39, 0.29) is 36.8 Å². The molecule has 0 aliphatic carbocycles. The van der Waals surface area contributed by atoms with Crippen LogP contribution in [0.2, 0.25) is 0 Å². The maximum absolute atomic E-state index is 12.4. The van der Waals surface area contributed by atoms with Gasteiger partial charge in [-0.15, -0.1) is 24.8 Å². The van der Waals surface area contributed by atoms with E-state index >= 15 is 0 Å². The summed E-state index contributed by atoms with van der Waals surface area (Å²) < 4.78 is 0.979. The maximum Gasteiger partial charge on any atom is 0.244 e. The summed E-state index contributed by atoms with van der Waals surface area (Å²) in [5.41, 5.74) is 6.07. The Balaban J connectivity index is 0.00000220. The van der Waals surface area contributed by atoms with Gasteiger partial charge >= 0.3 is 0 Å². The summed E-state index contributed by atoms with van der Waals surface area (Å²) in [7, 11) is 2.10. The molecule has 4 nitrogen and oxygen atoms in total. The molecular formula is C15H24BrCl2N3O. The minimum Gasteiger partial charge on any atom is -0.351 e. The highest BCUT2D eigenvalue weighted by atomic mass is 79.9. The van der Waals surface area contributed by atoms with Crippen molar-refractivity contribution in [1.82, 2.24) is 10.2 Å². The Kier molecular flexibility index (Phi) is 8.95. The van der Waals surface area contributed by atoms with Gasteiger partial charge in [0.2, 0.25) is 5.91 Å². The molecule has 1 aliphatic rings. The summed E-state index contributed by atoms with van der Waals surface area (Å²) in [5, 5.41) is 3.09. The van der Waals surface area contributed by atoms with Crippen molar-refractivity contribution in [3.8, 4) is 0 Å². The van der Waals surface area contributed by atoms with E-state index in [1.165, 1.54) is 0 Å². The first kappa shape index (κ1) is 21.7. The third-order valence-corrected chi connectivity index (χ3v) is 4.50. The second-order valence-corrected chi connectivity index (χ2v) is 6.68. The smallest absolute Gasteiger partial charge is 0.244 e. The quantitative estimate of drug-likeness (QED) is 0.802. The first-order valence-electron chi connectivity index (χ1n) is 6.94. The Morgan fingerprint density at radius 3 is 2.27 bits per heavy atom. The zero-order valence-electron chi connectivity index (χ0n) is 12.8. The number of carbonyl (C=O) groups excluding carboxylic acids is 1. The molecule has 0 radical (unpaired) electrons. The van der Waals surface area contributed by atoms with Crippen molar-refractivity contribution in [1.29, 1.82) is 0 Å². The van der Waals surface area contributed by atoms with Gasteiger partial charge in [0.25, 0.3) is 0 Å². The number of halogens is 3. The van der Waals surface area contributed by atoms with Crippen LogP contribution >= 0.6 is 40.7 Å². The Bertz CT molecular complexity index is 474. The molecule has 1 atom stereocenters. The minimum atomic E-state index is -0.996. The Labute approximate surface area is 153 Å². The Morgan fingerprint density at radius 2 is 1.77 bits per heavy atom. The number of piperidine rings is 1. The largest absolute Gasteiger partial charge is 0.351 e. The average Bonchev–Trinajstić information content (AvgIpc) is 2.42. The van der Waals surface area contributed by atoms with Crippen LogP contribution in [-0.2, 0) is 10.3 Å². The lowest BCUT2D eigenvalue weighted by molar-refractivity contribution is -0.127. The molecule has 7 heteroatoms. The molecule has 0 spiro atoms. The lowest BCUT2D eigenvalue weighted by Crippen LogP contribution is -2.53. The van der Waals surface area contributed by atoms with E-state index in [1.54, 1.807) is 6.92 Å². The van der Waals surface area contributed by atoms with Gasteiger partial charge in [0.05, 0.1) is 0 Å². The summed E-state index contributed by atoms with van der Waals surface area (Å²) >= 11 is 3.39. The molecule has 0 saturated carbocycles. The van der Waals surface area contributed by atoms with Crippen molar-refractivity contribution in [2.24, 2.45) is 5.73 Å². The van der Waals surface area contributed by atoms with Gasteiger partial charge in [0, 0.05) is 10.5 Å². The predicted octanol–water partition coefficient (Wildman–Crippen LogP) is 2.68. The number of nitrogens with two attached hydrogens (primary N) is 1. The second kappa shape index (κ2) is 9.08. The zero-order valence-corrected chi connectivity index (χ0v) is 16.1. The second-order valence-electron chi connectivity index (χ2n) is 5.76. The van der Waals surface area contributed by atoms with Gasteiger partial charge in [-0.3, -0.25) is 4.79 Å². The van der Waals surface area contributed by atoms with Crippen molar-refractivity contribution in [2.45, 2.75) is 31.3 Å². The SMILES string of the molecule is CN1CCC(NC(=O)C(C)(N)c2ccc(Br)cc2)CC1.Cl.Cl. The zero-order chi connectivity index (χ0) is 14.8. The molecule has 1 heterocycles. The molecule has 1 aliphatic heterocycles. The number of amides is 1. The first-order chi connectivity index (χ1) is 9.39. The van der Waals surface area contributed by atoms with Crippen molar-refractivity contribution < 1.29 is 4.79 Å². The number of nitrogens with one attached hydrogen (secondary N) is 1. The highest BCUT2D eigenvalue weighted by Crippen LogP contribution is 2.21. The monoisotopic (exact) mass is 411 g/mol. The van der Waals surface area contributed by atoms with E-state index < -0.39 is 5.54 Å². The summed E-state index contributed by atoms with van der Waals surface area (Å²) in [4.78, 5) is 14.7. The Morgan fingerprint density at radius 1 is 1.27 bits per heavy atom. The fourth-order valence-electron chi connectivity index (χ4n) is 2.42. The van der Waals surface area contributed by atoms with Crippen LogP contribution in [0.5, 0.6) is 0 Å². The number of benzene rings is 1. The molecule has 1 saturated heterocycles. The van der Waals surface area contributed by atoms with Crippen LogP contribution in [0.3, 0.4) is 0 Å². The number of rotatable bonds is 3. The normalized spacial score (nSPS) is 18.5. The number of nitrogens with zero attached hydrogens (tertiary/aromatic N) is 1. The van der Waals surface area contributed by atoms with Crippen molar-refractivity contribution in [3.63, 3.8) is 0 Å². The van der Waals surface area contributed by atoms with Gasteiger partial charge in [-0.2, -0.15) is 0 Å². The van der Waals surface area contributed by atoms with Gasteiger partial charge < -0.3 is 16.0 Å². The third kappa shape index (κ3) is 5.39. The van der Waals surface area contributed by atoms with Gasteiger partial charge in [0.1, 0.15) is 5.54 Å². The van der Waals surface area contributed by atoms with E-state index in [1.807, 2.05) is 24.3 Å². The maximum atomic E-state index is 12.4. The standard InChI is InChI=1S/C15H22BrN3O.2ClH/c1-15(17,11-3-5-12(16)6-4-11)14(20)18-13-7-9-19(2)10-8-13;;/h3-6,13H,7-10,17H2,1-2H3,(H,18,20);2*1H. The summed E-state index contributed by atoms with van der Waals surface area (Å²) in [6, 6.07) is 7.82. The van der Waals surface area contributed by atoms with Crippen LogP contribution in [0.4, 0.5) is 0 Å². The third-order valence-electron chi connectivity index (χ3n) is 3.97. The molecule has 22 heavy (non-hydrogen) atoms. The van der Waals surface area contributed by atoms with Crippen LogP contribution in [-0.4, -0.2) is 37.0 Å². The lowest BCUT2D eigenvalue weighted by atomic mass is 9.91. The molecule has 1 unspecified atom stereocenters. The van der Waals surface area contributed by atoms with Gasteiger partial charge in [-0.1, -0.05) is 28.1 Å². The van der Waals surface area contributed by atoms with Gasteiger partial charge in [-0.05, 0) is 57.6 Å². The molecule has 2 rings (SSSR count). The average molecular weight is 413 g/mol. The van der Waals surface area contributed by atoms with Crippen molar-refractivity contribution in [3.05, 3.63) is 34.3 Å². The van der Waals surface area contributed by atoms with Crippen molar-refractivity contribution in [2.75, 3.05) is 20.1 Å². The molecule has 1 aromatic rings. The predicted molar refractivity (Wildman–Crippen MR) is 98.8 cm³/mol. The van der Waals surface area contributed by atoms with Crippen molar-refractivity contribution >= 4 is 46.7 Å². The van der Waals surface area contributed by atoms with E-state index in [4.69, 9.17) is 5.73 Å². The molecule has 1 fully saturated rings. The molecule has 1 amide bonds. The van der Waals surface area contributed by atoms with Crippen LogP contribution in [0, 0.1) is 0 Å². The molecule has 126 valence electrons. The van der Waals surface area contributed by atoms with E-state index in [9.17, 15) is 4.79 Å². The Hall–Kier alpha value is -0.330. The summed E-state index contributed by atoms with van der Waals surface area (Å²) in [6.07, 6.45) is 1.97. The highest BCUT2D eigenvalue weighted by Gasteiger charge is 2.32. The molecule has 1 aromatic carbocycles. The molecular weight excluding hydrogens is 389 g/mol. The number of hydrogen-bond acceptors (Lipinski definition) is 3. The topological polar surface area (TPSA) is 58.4 Å². The lowest BCUT2D eigenvalue weighted by Gasteiger charge is -2.32. The number of carbonyl (C=O) groups is 1. The molecule has 0 aromatic heterocycles.